The van der Waals surface area contributed by atoms with E-state index in [1.165, 1.54) is 12.1 Å². The summed E-state index contributed by atoms with van der Waals surface area (Å²) in [5.41, 5.74) is 5.25. The van der Waals surface area contributed by atoms with E-state index >= 15 is 0 Å². The van der Waals surface area contributed by atoms with E-state index in [2.05, 4.69) is 0 Å². The molecule has 0 aliphatic heterocycles. The highest BCUT2D eigenvalue weighted by molar-refractivity contribution is 7.86. The second kappa shape index (κ2) is 6.01. The molecule has 0 unspecified atom stereocenters. The minimum Gasteiger partial charge on any atom is -0.366 e. The van der Waals surface area contributed by atoms with Gasteiger partial charge in [0.2, 0.25) is 0 Å². The molecule has 0 fully saturated rings. The van der Waals surface area contributed by atoms with Gasteiger partial charge < -0.3 is 5.73 Å². The average molecular weight is 328 g/mol. The van der Waals surface area contributed by atoms with Crippen molar-refractivity contribution in [3.8, 4) is 0 Å². The number of hydrogen-bond donors (Lipinski definition) is 1. The number of fused-ring (bicyclic) bond motifs is 1. The minimum absolute atomic E-state index is 0.0358. The number of hydrogen-bond acceptors (Lipinski definition) is 4. The fourth-order valence-corrected chi connectivity index (χ4v) is 3.46. The average Bonchev–Trinajstić information content (AvgIpc) is 2.44. The van der Waals surface area contributed by atoms with Gasteiger partial charge in [0.1, 0.15) is 4.90 Å². The van der Waals surface area contributed by atoms with Crippen LogP contribution in [0.15, 0.2) is 35.2 Å². The summed E-state index contributed by atoms with van der Waals surface area (Å²) >= 11 is 6.05. The van der Waals surface area contributed by atoms with E-state index in [9.17, 15) is 13.2 Å². The summed E-state index contributed by atoms with van der Waals surface area (Å²) in [5.74, 6) is -0.846. The summed E-state index contributed by atoms with van der Waals surface area (Å²) in [6.45, 7) is 1.82. The molecule has 0 aliphatic rings. The molecule has 112 valence electrons. The van der Waals surface area contributed by atoms with Gasteiger partial charge in [0.05, 0.1) is 12.2 Å². The van der Waals surface area contributed by atoms with Gasteiger partial charge in [-0.3, -0.25) is 8.98 Å². The predicted molar refractivity (Wildman–Crippen MR) is 80.9 cm³/mol. The third-order valence-corrected chi connectivity index (χ3v) is 4.61. The van der Waals surface area contributed by atoms with Gasteiger partial charge in [-0.05, 0) is 23.9 Å². The number of carbonyl (C=O) groups excluding carboxylic acids is 1. The summed E-state index contributed by atoms with van der Waals surface area (Å²) in [6.07, 6.45) is 0.532. The number of carbonyl (C=O) groups is 1. The number of nitrogens with two attached hydrogens (primary N) is 1. The number of primary amides is 1. The predicted octanol–water partition coefficient (Wildman–Crippen LogP) is 2.71. The topological polar surface area (TPSA) is 86.5 Å². The first-order valence-corrected chi connectivity index (χ1v) is 8.07. The van der Waals surface area contributed by atoms with E-state index in [4.69, 9.17) is 21.5 Å². The Morgan fingerprint density at radius 2 is 1.95 bits per heavy atom. The molecule has 0 spiro atoms. The summed E-state index contributed by atoms with van der Waals surface area (Å²) in [4.78, 5) is 11.5. The molecular weight excluding hydrogens is 314 g/mol. The monoisotopic (exact) mass is 327 g/mol. The van der Waals surface area contributed by atoms with E-state index < -0.39 is 16.0 Å². The first-order chi connectivity index (χ1) is 9.88. The lowest BCUT2D eigenvalue weighted by Crippen LogP contribution is -2.18. The Balaban J connectivity index is 2.76. The minimum atomic E-state index is -4.05. The van der Waals surface area contributed by atoms with E-state index in [0.717, 1.165) is 0 Å². The molecule has 0 aliphatic carbocycles. The van der Waals surface area contributed by atoms with Gasteiger partial charge in [-0.2, -0.15) is 8.42 Å². The molecule has 2 aromatic rings. The lowest BCUT2D eigenvalue weighted by Gasteiger charge is -2.11. The van der Waals surface area contributed by atoms with Crippen molar-refractivity contribution in [2.24, 2.45) is 5.73 Å². The third kappa shape index (κ3) is 3.02. The Bertz CT molecular complexity index is 802. The molecule has 2 aromatic carbocycles. The van der Waals surface area contributed by atoms with Crippen LogP contribution in [0.3, 0.4) is 0 Å². The number of rotatable bonds is 5. The first kappa shape index (κ1) is 15.8. The van der Waals surface area contributed by atoms with Crippen LogP contribution in [0.5, 0.6) is 0 Å². The van der Waals surface area contributed by atoms with Crippen molar-refractivity contribution in [1.29, 1.82) is 0 Å². The summed E-state index contributed by atoms with van der Waals surface area (Å²) in [6, 6.07) is 7.70. The normalized spacial score (nSPS) is 11.7. The Morgan fingerprint density at radius 3 is 2.57 bits per heavy atom. The van der Waals surface area contributed by atoms with Gasteiger partial charge >= 0.3 is 0 Å². The lowest BCUT2D eigenvalue weighted by molar-refractivity contribution is 0.0998. The fraction of sp³-hybridized carbons (Fsp3) is 0.214. The molecule has 0 heterocycles. The Morgan fingerprint density at radius 1 is 1.24 bits per heavy atom. The molecule has 5 nitrogen and oxygen atoms in total. The maximum atomic E-state index is 12.2. The van der Waals surface area contributed by atoms with Gasteiger partial charge in [0.15, 0.2) is 0 Å². The van der Waals surface area contributed by atoms with E-state index in [1.54, 1.807) is 25.1 Å². The molecule has 1 amide bonds. The van der Waals surface area contributed by atoms with Crippen LogP contribution >= 0.6 is 11.6 Å². The zero-order valence-corrected chi connectivity index (χ0v) is 12.9. The number of benzene rings is 2. The van der Waals surface area contributed by atoms with Crippen LogP contribution < -0.4 is 5.73 Å². The van der Waals surface area contributed by atoms with Crippen LogP contribution in [-0.4, -0.2) is 20.9 Å². The van der Waals surface area contributed by atoms with Crippen molar-refractivity contribution < 1.29 is 17.4 Å². The van der Waals surface area contributed by atoms with Crippen LogP contribution in [0.25, 0.3) is 10.8 Å². The van der Waals surface area contributed by atoms with Crippen LogP contribution in [-0.2, 0) is 14.3 Å². The zero-order valence-electron chi connectivity index (χ0n) is 11.3. The lowest BCUT2D eigenvalue weighted by atomic mass is 10.0. The summed E-state index contributed by atoms with van der Waals surface area (Å²) < 4.78 is 29.2. The molecule has 2 rings (SSSR count). The molecular formula is C14H14ClNO4S. The smallest absolute Gasteiger partial charge is 0.297 e. The first-order valence-electron chi connectivity index (χ1n) is 6.29. The van der Waals surface area contributed by atoms with Crippen LogP contribution in [0, 0.1) is 0 Å². The van der Waals surface area contributed by atoms with Crippen molar-refractivity contribution in [3.63, 3.8) is 0 Å². The summed E-state index contributed by atoms with van der Waals surface area (Å²) in [5, 5.41) is 1.35. The highest BCUT2D eigenvalue weighted by Gasteiger charge is 2.24. The van der Waals surface area contributed by atoms with Gasteiger partial charge in [-0.1, -0.05) is 36.7 Å². The van der Waals surface area contributed by atoms with Crippen molar-refractivity contribution in [2.75, 3.05) is 6.61 Å². The molecule has 0 bridgehead atoms. The van der Waals surface area contributed by atoms with Crippen LogP contribution in [0.2, 0.25) is 5.02 Å². The Labute approximate surface area is 127 Å². The SMILES string of the molecule is CCCOS(=O)(=O)c1ccc2c(Cl)cccc2c1C(N)=O. The number of halogens is 1. The summed E-state index contributed by atoms with van der Waals surface area (Å²) in [7, 11) is -4.05. The molecule has 0 atom stereocenters. The van der Waals surface area contributed by atoms with Crippen molar-refractivity contribution in [2.45, 2.75) is 18.2 Å². The van der Waals surface area contributed by atoms with Gasteiger partial charge in [0.25, 0.3) is 16.0 Å². The van der Waals surface area contributed by atoms with Crippen LogP contribution in [0.4, 0.5) is 0 Å². The Kier molecular flexibility index (Phi) is 4.51. The molecule has 0 saturated carbocycles. The second-order valence-corrected chi connectivity index (χ2v) is 6.40. The molecule has 0 aromatic heterocycles. The maximum absolute atomic E-state index is 12.2. The zero-order chi connectivity index (χ0) is 15.6. The van der Waals surface area contributed by atoms with Crippen molar-refractivity contribution in [3.05, 3.63) is 40.9 Å². The molecule has 21 heavy (non-hydrogen) atoms. The van der Waals surface area contributed by atoms with E-state index in [1.807, 2.05) is 0 Å². The third-order valence-electron chi connectivity index (χ3n) is 2.93. The number of amides is 1. The standard InChI is InChI=1S/C14H14ClNO4S/c1-2-8-20-21(18,19)12-7-6-9-10(13(12)14(16)17)4-3-5-11(9)15/h3-7H,2,8H2,1H3,(H2,16,17). The molecule has 7 heteroatoms. The van der Waals surface area contributed by atoms with E-state index in [-0.39, 0.29) is 17.1 Å². The van der Waals surface area contributed by atoms with Crippen LogP contribution in [0.1, 0.15) is 23.7 Å². The van der Waals surface area contributed by atoms with Gasteiger partial charge in [0, 0.05) is 10.4 Å². The van der Waals surface area contributed by atoms with Crippen molar-refractivity contribution in [1.82, 2.24) is 0 Å². The van der Waals surface area contributed by atoms with Gasteiger partial charge in [-0.15, -0.1) is 0 Å². The van der Waals surface area contributed by atoms with Crippen molar-refractivity contribution >= 4 is 38.4 Å². The second-order valence-electron chi connectivity index (χ2n) is 4.41. The van der Waals surface area contributed by atoms with Gasteiger partial charge in [-0.25, -0.2) is 0 Å². The highest BCUT2D eigenvalue weighted by Crippen LogP contribution is 2.30. The molecule has 2 N–H and O–H groups in total. The van der Waals surface area contributed by atoms with E-state index in [0.29, 0.717) is 22.2 Å². The quantitative estimate of drug-likeness (QED) is 0.855. The Hall–Kier alpha value is -1.63. The molecule has 0 saturated heterocycles. The highest BCUT2D eigenvalue weighted by atomic mass is 35.5. The largest absolute Gasteiger partial charge is 0.366 e. The molecule has 0 radical (unpaired) electrons. The fourth-order valence-electron chi connectivity index (χ4n) is 2.02. The maximum Gasteiger partial charge on any atom is 0.297 e.